The van der Waals surface area contributed by atoms with Crippen LogP contribution in [-0.4, -0.2) is 22.7 Å². The second-order valence-electron chi connectivity index (χ2n) is 5.48. The normalized spacial score (nSPS) is 14.0. The maximum absolute atomic E-state index is 11.9. The van der Waals surface area contributed by atoms with E-state index in [9.17, 15) is 4.79 Å². The lowest BCUT2D eigenvalue weighted by molar-refractivity contribution is -0.122. The van der Waals surface area contributed by atoms with Crippen molar-refractivity contribution in [1.29, 1.82) is 0 Å². The quantitative estimate of drug-likeness (QED) is 0.855. The van der Waals surface area contributed by atoms with E-state index in [-0.39, 0.29) is 11.8 Å². The Labute approximate surface area is 135 Å². The van der Waals surface area contributed by atoms with Gasteiger partial charge in [0, 0.05) is 5.92 Å². The molecule has 1 heterocycles. The zero-order valence-electron chi connectivity index (χ0n) is 13.1. The standard InChI is InChI=1S/C17H20N4O2/c1-2-23-14-9-4-3-8-13(14)18-15-10-11-16(21-20-15)19-17(22)12-6-5-7-12/h3-4,8-12H,2,5-7H2,1H3,(H,18,20)(H,19,21,22). The summed E-state index contributed by atoms with van der Waals surface area (Å²) in [4.78, 5) is 11.9. The predicted molar refractivity (Wildman–Crippen MR) is 88.9 cm³/mol. The molecule has 1 aromatic carbocycles. The van der Waals surface area contributed by atoms with Crippen LogP contribution in [0.5, 0.6) is 5.75 Å². The van der Waals surface area contributed by atoms with Crippen LogP contribution in [0.3, 0.4) is 0 Å². The lowest BCUT2D eigenvalue weighted by Gasteiger charge is -2.23. The smallest absolute Gasteiger partial charge is 0.228 e. The number of amides is 1. The van der Waals surface area contributed by atoms with Crippen molar-refractivity contribution in [2.75, 3.05) is 17.2 Å². The van der Waals surface area contributed by atoms with E-state index < -0.39 is 0 Å². The minimum atomic E-state index is 0.0351. The molecule has 1 aliphatic rings. The summed E-state index contributed by atoms with van der Waals surface area (Å²) in [7, 11) is 0. The van der Waals surface area contributed by atoms with Crippen molar-refractivity contribution in [3.63, 3.8) is 0 Å². The average Bonchev–Trinajstić information content (AvgIpc) is 2.50. The molecule has 1 aromatic heterocycles. The van der Waals surface area contributed by atoms with Gasteiger partial charge in [0.05, 0.1) is 12.3 Å². The van der Waals surface area contributed by atoms with Gasteiger partial charge < -0.3 is 15.4 Å². The highest BCUT2D eigenvalue weighted by Crippen LogP contribution is 2.28. The Morgan fingerprint density at radius 2 is 1.91 bits per heavy atom. The average molecular weight is 312 g/mol. The van der Waals surface area contributed by atoms with E-state index in [1.54, 1.807) is 12.1 Å². The van der Waals surface area contributed by atoms with Crippen molar-refractivity contribution in [3.8, 4) is 5.75 Å². The number of hydrogen-bond acceptors (Lipinski definition) is 5. The van der Waals surface area contributed by atoms with Gasteiger partial charge in [0.1, 0.15) is 5.75 Å². The second-order valence-corrected chi connectivity index (χ2v) is 5.48. The van der Waals surface area contributed by atoms with Gasteiger partial charge in [-0.05, 0) is 44.0 Å². The monoisotopic (exact) mass is 312 g/mol. The maximum Gasteiger partial charge on any atom is 0.228 e. The third-order valence-electron chi connectivity index (χ3n) is 3.84. The Kier molecular flexibility index (Phi) is 4.71. The minimum absolute atomic E-state index is 0.0351. The molecule has 0 atom stereocenters. The third-order valence-corrected chi connectivity index (χ3v) is 3.84. The first kappa shape index (κ1) is 15.3. The summed E-state index contributed by atoms with van der Waals surface area (Å²) in [6, 6.07) is 11.2. The van der Waals surface area contributed by atoms with Gasteiger partial charge in [-0.25, -0.2) is 0 Å². The first-order chi connectivity index (χ1) is 11.3. The number of aromatic nitrogens is 2. The molecule has 3 rings (SSSR count). The van der Waals surface area contributed by atoms with Crippen molar-refractivity contribution in [2.24, 2.45) is 5.92 Å². The van der Waals surface area contributed by atoms with Crippen LogP contribution in [0.4, 0.5) is 17.3 Å². The molecule has 0 bridgehead atoms. The van der Waals surface area contributed by atoms with Gasteiger partial charge >= 0.3 is 0 Å². The molecule has 0 spiro atoms. The molecule has 1 fully saturated rings. The van der Waals surface area contributed by atoms with Crippen LogP contribution in [0.1, 0.15) is 26.2 Å². The Balaban J connectivity index is 1.64. The molecule has 6 nitrogen and oxygen atoms in total. The number of para-hydroxylation sites is 2. The number of anilines is 3. The van der Waals surface area contributed by atoms with Crippen molar-refractivity contribution in [2.45, 2.75) is 26.2 Å². The first-order valence-electron chi connectivity index (χ1n) is 7.89. The molecule has 0 radical (unpaired) electrons. The fraction of sp³-hybridized carbons (Fsp3) is 0.353. The summed E-state index contributed by atoms with van der Waals surface area (Å²) < 4.78 is 5.56. The summed E-state index contributed by atoms with van der Waals surface area (Å²) in [6.45, 7) is 2.53. The van der Waals surface area contributed by atoms with Gasteiger partial charge in [0.25, 0.3) is 0 Å². The number of nitrogens with one attached hydrogen (secondary N) is 2. The predicted octanol–water partition coefficient (Wildman–Crippen LogP) is 3.36. The molecule has 6 heteroatoms. The number of rotatable bonds is 6. The highest BCUT2D eigenvalue weighted by atomic mass is 16.5. The zero-order chi connectivity index (χ0) is 16.1. The molecule has 120 valence electrons. The van der Waals surface area contributed by atoms with Gasteiger partial charge in [-0.1, -0.05) is 18.6 Å². The maximum atomic E-state index is 11.9. The number of benzene rings is 1. The van der Waals surface area contributed by atoms with Gasteiger partial charge in [0.2, 0.25) is 5.91 Å². The van der Waals surface area contributed by atoms with Crippen molar-refractivity contribution in [1.82, 2.24) is 10.2 Å². The van der Waals surface area contributed by atoms with Crippen molar-refractivity contribution >= 4 is 23.2 Å². The minimum Gasteiger partial charge on any atom is -0.492 e. The van der Waals surface area contributed by atoms with E-state index in [2.05, 4.69) is 20.8 Å². The molecular weight excluding hydrogens is 292 g/mol. The van der Waals surface area contributed by atoms with E-state index in [1.165, 1.54) is 0 Å². The van der Waals surface area contributed by atoms with Crippen LogP contribution in [0, 0.1) is 5.92 Å². The van der Waals surface area contributed by atoms with Crippen LogP contribution in [0.25, 0.3) is 0 Å². The first-order valence-corrected chi connectivity index (χ1v) is 7.89. The second kappa shape index (κ2) is 7.09. The lowest BCUT2D eigenvalue weighted by atomic mass is 9.85. The van der Waals surface area contributed by atoms with Crippen LogP contribution < -0.4 is 15.4 Å². The van der Waals surface area contributed by atoms with Crippen molar-refractivity contribution < 1.29 is 9.53 Å². The summed E-state index contributed by atoms with van der Waals surface area (Å²) >= 11 is 0. The topological polar surface area (TPSA) is 76.1 Å². The van der Waals surface area contributed by atoms with Gasteiger partial charge in [-0.3, -0.25) is 4.79 Å². The number of carbonyl (C=O) groups excluding carboxylic acids is 1. The molecule has 23 heavy (non-hydrogen) atoms. The van der Waals surface area contributed by atoms with E-state index in [0.717, 1.165) is 30.7 Å². The molecule has 1 saturated carbocycles. The summed E-state index contributed by atoms with van der Waals surface area (Å²) in [6.07, 6.45) is 3.06. The van der Waals surface area contributed by atoms with Gasteiger partial charge in [-0.15, -0.1) is 10.2 Å². The lowest BCUT2D eigenvalue weighted by Crippen LogP contribution is -2.28. The van der Waals surface area contributed by atoms with Crippen molar-refractivity contribution in [3.05, 3.63) is 36.4 Å². The van der Waals surface area contributed by atoms with Crippen LogP contribution in [0.15, 0.2) is 36.4 Å². The molecular formula is C17H20N4O2. The molecule has 1 aliphatic carbocycles. The van der Waals surface area contributed by atoms with E-state index in [4.69, 9.17) is 4.74 Å². The third kappa shape index (κ3) is 3.77. The molecule has 0 unspecified atom stereocenters. The van der Waals surface area contributed by atoms with E-state index >= 15 is 0 Å². The fourth-order valence-electron chi connectivity index (χ4n) is 2.35. The molecule has 0 aliphatic heterocycles. The SMILES string of the molecule is CCOc1ccccc1Nc1ccc(NC(=O)C2CCC2)nn1. The zero-order valence-corrected chi connectivity index (χ0v) is 13.1. The van der Waals surface area contributed by atoms with Crippen LogP contribution in [-0.2, 0) is 4.79 Å². The molecule has 0 saturated heterocycles. The summed E-state index contributed by atoms with van der Waals surface area (Å²) in [5.41, 5.74) is 0.829. The van der Waals surface area contributed by atoms with Crippen LogP contribution >= 0.6 is 0 Å². The Hall–Kier alpha value is -2.63. The number of carbonyl (C=O) groups is 1. The van der Waals surface area contributed by atoms with E-state index in [1.807, 2.05) is 31.2 Å². The van der Waals surface area contributed by atoms with E-state index in [0.29, 0.717) is 18.2 Å². The number of nitrogens with zero attached hydrogens (tertiary/aromatic N) is 2. The molecule has 1 amide bonds. The Bertz CT molecular complexity index is 669. The highest BCUT2D eigenvalue weighted by Gasteiger charge is 2.25. The fourth-order valence-corrected chi connectivity index (χ4v) is 2.35. The summed E-state index contributed by atoms with van der Waals surface area (Å²) in [5.74, 6) is 2.00. The largest absolute Gasteiger partial charge is 0.492 e. The van der Waals surface area contributed by atoms with Crippen LogP contribution in [0.2, 0.25) is 0 Å². The highest BCUT2D eigenvalue weighted by molar-refractivity contribution is 5.92. The van der Waals surface area contributed by atoms with Gasteiger partial charge in [0.15, 0.2) is 11.6 Å². The Morgan fingerprint density at radius 3 is 2.57 bits per heavy atom. The van der Waals surface area contributed by atoms with Gasteiger partial charge in [-0.2, -0.15) is 0 Å². The molecule has 2 N–H and O–H groups in total. The number of hydrogen-bond donors (Lipinski definition) is 2. The molecule has 2 aromatic rings. The number of ether oxygens (including phenoxy) is 1. The Morgan fingerprint density at radius 1 is 1.17 bits per heavy atom. The summed E-state index contributed by atoms with van der Waals surface area (Å²) in [5, 5.41) is 14.1.